The molecule has 0 aliphatic heterocycles. The topological polar surface area (TPSA) is 59.9 Å². The Balaban J connectivity index is 2.57. The Morgan fingerprint density at radius 3 is 2.39 bits per heavy atom. The zero-order chi connectivity index (χ0) is 17.3. The van der Waals surface area contributed by atoms with Gasteiger partial charge in [0.15, 0.2) is 6.61 Å². The zero-order valence-electron chi connectivity index (χ0n) is 14.2. The molecule has 23 heavy (non-hydrogen) atoms. The summed E-state index contributed by atoms with van der Waals surface area (Å²) in [5, 5.41) is 6.78. The van der Waals surface area contributed by atoms with Crippen molar-refractivity contribution in [3.05, 3.63) is 29.8 Å². The number of rotatable bonds is 8. The molecule has 0 fully saturated rings. The van der Waals surface area contributed by atoms with Crippen LogP contribution in [0.15, 0.2) is 29.4 Å². The SMILES string of the molecule is C#CC(CC)(CC)NC(=O)CON=C(C)c1ccc(OC)cc1. The van der Waals surface area contributed by atoms with Gasteiger partial charge in [-0.2, -0.15) is 0 Å². The Kier molecular flexibility index (Phi) is 7.14. The third-order valence-electron chi connectivity index (χ3n) is 3.77. The van der Waals surface area contributed by atoms with Gasteiger partial charge in [-0.3, -0.25) is 4.79 Å². The van der Waals surface area contributed by atoms with Crippen LogP contribution in [0.3, 0.4) is 0 Å². The third kappa shape index (κ3) is 5.33. The van der Waals surface area contributed by atoms with Gasteiger partial charge in [0.05, 0.1) is 12.8 Å². The second-order valence-corrected chi connectivity index (χ2v) is 5.16. The molecule has 1 aromatic rings. The lowest BCUT2D eigenvalue weighted by Crippen LogP contribution is -2.47. The van der Waals surface area contributed by atoms with Gasteiger partial charge in [-0.25, -0.2) is 0 Å². The molecule has 0 atom stereocenters. The van der Waals surface area contributed by atoms with Crippen LogP contribution >= 0.6 is 0 Å². The minimum atomic E-state index is -0.616. The number of amides is 1. The summed E-state index contributed by atoms with van der Waals surface area (Å²) in [6.45, 7) is 5.52. The van der Waals surface area contributed by atoms with Gasteiger partial charge in [0.25, 0.3) is 5.91 Å². The maximum absolute atomic E-state index is 11.9. The highest BCUT2D eigenvalue weighted by Crippen LogP contribution is 2.14. The van der Waals surface area contributed by atoms with Crippen LogP contribution in [-0.2, 0) is 9.63 Å². The predicted octanol–water partition coefficient (Wildman–Crippen LogP) is 2.74. The first-order valence-electron chi connectivity index (χ1n) is 7.60. The maximum atomic E-state index is 11.9. The van der Waals surface area contributed by atoms with Gasteiger partial charge in [0, 0.05) is 0 Å². The normalized spacial score (nSPS) is 11.5. The fourth-order valence-electron chi connectivity index (χ4n) is 2.04. The molecule has 0 aliphatic rings. The third-order valence-corrected chi connectivity index (χ3v) is 3.77. The number of terminal acetylenes is 1. The lowest BCUT2D eigenvalue weighted by molar-refractivity contribution is -0.127. The van der Waals surface area contributed by atoms with Crippen LogP contribution in [-0.4, -0.2) is 30.9 Å². The fraction of sp³-hybridized carbons (Fsp3) is 0.444. The quantitative estimate of drug-likeness (QED) is 0.456. The van der Waals surface area contributed by atoms with Gasteiger partial charge in [0.2, 0.25) is 0 Å². The summed E-state index contributed by atoms with van der Waals surface area (Å²) >= 11 is 0. The first kappa shape index (κ1) is 18.6. The molecule has 124 valence electrons. The molecule has 0 unspecified atom stereocenters. The van der Waals surface area contributed by atoms with Crippen molar-refractivity contribution in [2.75, 3.05) is 13.7 Å². The molecule has 0 saturated carbocycles. The average molecular weight is 316 g/mol. The number of oxime groups is 1. The van der Waals surface area contributed by atoms with Crippen molar-refractivity contribution in [1.29, 1.82) is 0 Å². The number of nitrogens with zero attached hydrogens (tertiary/aromatic N) is 1. The smallest absolute Gasteiger partial charge is 0.261 e. The molecule has 0 bridgehead atoms. The van der Waals surface area contributed by atoms with E-state index in [1.165, 1.54) is 0 Å². The molecular weight excluding hydrogens is 292 g/mol. The van der Waals surface area contributed by atoms with Crippen molar-refractivity contribution in [2.24, 2.45) is 5.16 Å². The average Bonchev–Trinajstić information content (AvgIpc) is 2.59. The van der Waals surface area contributed by atoms with Crippen LogP contribution in [0.2, 0.25) is 0 Å². The molecule has 0 radical (unpaired) electrons. The molecule has 0 aliphatic carbocycles. The lowest BCUT2D eigenvalue weighted by Gasteiger charge is -2.26. The molecule has 5 heteroatoms. The Bertz CT molecular complexity index is 581. The van der Waals surface area contributed by atoms with E-state index in [1.54, 1.807) is 7.11 Å². The molecular formula is C18H24N2O3. The fourth-order valence-corrected chi connectivity index (χ4v) is 2.04. The predicted molar refractivity (Wildman–Crippen MR) is 91.4 cm³/mol. The van der Waals surface area contributed by atoms with E-state index in [9.17, 15) is 4.79 Å². The van der Waals surface area contributed by atoms with Gasteiger partial charge in [0.1, 0.15) is 11.3 Å². The Hall–Kier alpha value is -2.48. The summed E-state index contributed by atoms with van der Waals surface area (Å²) in [5.74, 6) is 3.14. The molecule has 0 heterocycles. The largest absolute Gasteiger partial charge is 0.497 e. The second-order valence-electron chi connectivity index (χ2n) is 5.16. The number of benzene rings is 1. The van der Waals surface area contributed by atoms with E-state index < -0.39 is 5.54 Å². The Morgan fingerprint density at radius 2 is 1.91 bits per heavy atom. The zero-order valence-corrected chi connectivity index (χ0v) is 14.2. The monoisotopic (exact) mass is 316 g/mol. The van der Waals surface area contributed by atoms with Gasteiger partial charge >= 0.3 is 0 Å². The van der Waals surface area contributed by atoms with E-state index in [2.05, 4.69) is 16.4 Å². The Morgan fingerprint density at radius 1 is 1.30 bits per heavy atom. The molecule has 0 spiro atoms. The van der Waals surface area contributed by atoms with E-state index in [4.69, 9.17) is 16.0 Å². The molecule has 5 nitrogen and oxygen atoms in total. The number of hydrogen-bond donors (Lipinski definition) is 1. The van der Waals surface area contributed by atoms with E-state index in [-0.39, 0.29) is 12.5 Å². The van der Waals surface area contributed by atoms with Crippen molar-refractivity contribution in [2.45, 2.75) is 39.2 Å². The first-order valence-corrected chi connectivity index (χ1v) is 7.60. The number of hydrogen-bond acceptors (Lipinski definition) is 4. The minimum absolute atomic E-state index is 0.170. The number of methoxy groups -OCH3 is 1. The number of carbonyl (C=O) groups excluding carboxylic acids is 1. The number of nitrogens with one attached hydrogen (secondary N) is 1. The molecule has 1 rings (SSSR count). The van der Waals surface area contributed by atoms with E-state index >= 15 is 0 Å². The molecule has 1 N–H and O–H groups in total. The van der Waals surface area contributed by atoms with Crippen molar-refractivity contribution in [3.8, 4) is 18.1 Å². The highest BCUT2D eigenvalue weighted by molar-refractivity contribution is 5.98. The van der Waals surface area contributed by atoms with Crippen LogP contribution in [0.25, 0.3) is 0 Å². The van der Waals surface area contributed by atoms with Crippen LogP contribution in [0.5, 0.6) is 5.75 Å². The molecule has 0 aromatic heterocycles. The standard InChI is InChI=1S/C18H24N2O3/c1-6-18(7-2,8-3)19-17(21)13-23-20-14(4)15-9-11-16(22-5)12-10-15/h1,9-12H,7-8,13H2,2-5H3,(H,19,21). The van der Waals surface area contributed by atoms with E-state index in [0.717, 1.165) is 11.3 Å². The van der Waals surface area contributed by atoms with Crippen molar-refractivity contribution in [1.82, 2.24) is 5.32 Å². The summed E-state index contributed by atoms with van der Waals surface area (Å²) < 4.78 is 5.10. The van der Waals surface area contributed by atoms with E-state index in [1.807, 2.05) is 45.0 Å². The summed E-state index contributed by atoms with van der Waals surface area (Å²) in [5.41, 5.74) is 0.954. The highest BCUT2D eigenvalue weighted by Gasteiger charge is 2.25. The number of carbonyl (C=O) groups is 1. The van der Waals surface area contributed by atoms with Crippen LogP contribution in [0.4, 0.5) is 0 Å². The lowest BCUT2D eigenvalue weighted by atomic mass is 9.94. The van der Waals surface area contributed by atoms with Crippen LogP contribution in [0.1, 0.15) is 39.2 Å². The van der Waals surface area contributed by atoms with Crippen molar-refractivity contribution < 1.29 is 14.4 Å². The number of ether oxygens (including phenoxy) is 1. The van der Waals surface area contributed by atoms with Crippen LogP contribution in [0, 0.1) is 12.3 Å². The van der Waals surface area contributed by atoms with Gasteiger partial charge < -0.3 is 14.9 Å². The van der Waals surface area contributed by atoms with Crippen molar-refractivity contribution >= 4 is 11.6 Å². The first-order chi connectivity index (χ1) is 11.0. The summed E-state index contributed by atoms with van der Waals surface area (Å²) in [6, 6.07) is 7.42. The van der Waals surface area contributed by atoms with Gasteiger partial charge in [-0.05, 0) is 49.6 Å². The van der Waals surface area contributed by atoms with Crippen LogP contribution < -0.4 is 10.1 Å². The molecule has 0 saturated heterocycles. The summed E-state index contributed by atoms with van der Waals surface area (Å²) in [4.78, 5) is 17.0. The Labute approximate surface area is 138 Å². The molecule has 1 amide bonds. The van der Waals surface area contributed by atoms with Gasteiger partial charge in [-0.1, -0.05) is 24.9 Å². The molecule has 1 aromatic carbocycles. The minimum Gasteiger partial charge on any atom is -0.497 e. The van der Waals surface area contributed by atoms with Crippen molar-refractivity contribution in [3.63, 3.8) is 0 Å². The highest BCUT2D eigenvalue weighted by atomic mass is 16.6. The summed E-state index contributed by atoms with van der Waals surface area (Å²) in [6.07, 6.45) is 6.84. The second kappa shape index (κ2) is 8.84. The van der Waals surface area contributed by atoms with Gasteiger partial charge in [-0.15, -0.1) is 6.42 Å². The van der Waals surface area contributed by atoms with E-state index in [0.29, 0.717) is 18.6 Å². The maximum Gasteiger partial charge on any atom is 0.261 e. The summed E-state index contributed by atoms with van der Waals surface area (Å²) in [7, 11) is 1.61.